The lowest BCUT2D eigenvalue weighted by molar-refractivity contribution is -0.163. The van der Waals surface area contributed by atoms with E-state index in [1.54, 1.807) is 53.4 Å². The van der Waals surface area contributed by atoms with Crippen LogP contribution in [0.5, 0.6) is 5.75 Å². The number of fused-ring (bicyclic) bond motifs is 1. The van der Waals surface area contributed by atoms with Gasteiger partial charge < -0.3 is 19.7 Å². The van der Waals surface area contributed by atoms with Crippen molar-refractivity contribution < 1.29 is 23.9 Å². The highest BCUT2D eigenvalue weighted by molar-refractivity contribution is 5.99. The first-order valence-corrected chi connectivity index (χ1v) is 10.2. The second-order valence-electron chi connectivity index (χ2n) is 7.46. The predicted molar refractivity (Wildman–Crippen MR) is 110 cm³/mol. The first-order chi connectivity index (χ1) is 14.6. The number of para-hydroxylation sites is 2. The molecule has 0 saturated carbocycles. The summed E-state index contributed by atoms with van der Waals surface area (Å²) in [4.78, 5) is 39.8. The molecule has 0 aliphatic carbocycles. The second kappa shape index (κ2) is 8.98. The zero-order chi connectivity index (χ0) is 20.9. The van der Waals surface area contributed by atoms with Crippen LogP contribution in [0, 0.1) is 0 Å². The molecular formula is C23H24N2O5. The largest absolute Gasteiger partial charge is 0.478 e. The van der Waals surface area contributed by atoms with E-state index in [-0.39, 0.29) is 12.3 Å². The Kier molecular flexibility index (Phi) is 5.97. The minimum absolute atomic E-state index is 0.228. The first kappa shape index (κ1) is 19.9. The minimum Gasteiger partial charge on any atom is -0.478 e. The molecule has 0 unspecified atom stereocenters. The van der Waals surface area contributed by atoms with Gasteiger partial charge in [0.15, 0.2) is 6.10 Å². The van der Waals surface area contributed by atoms with Crippen molar-refractivity contribution in [3.8, 4) is 5.75 Å². The maximum absolute atomic E-state index is 13.1. The highest BCUT2D eigenvalue weighted by Gasteiger charge is 2.34. The summed E-state index contributed by atoms with van der Waals surface area (Å²) in [6.45, 7) is 1.31. The average molecular weight is 408 g/mol. The second-order valence-corrected chi connectivity index (χ2v) is 7.46. The van der Waals surface area contributed by atoms with Crippen molar-refractivity contribution in [3.63, 3.8) is 0 Å². The Labute approximate surface area is 175 Å². The lowest BCUT2D eigenvalue weighted by atomic mass is 10.1. The molecule has 156 valence electrons. The number of nitrogens with zero attached hydrogens (tertiary/aromatic N) is 1. The summed E-state index contributed by atoms with van der Waals surface area (Å²) in [5.41, 5.74) is 1.18. The van der Waals surface area contributed by atoms with Gasteiger partial charge in [0.05, 0.1) is 12.1 Å². The van der Waals surface area contributed by atoms with Gasteiger partial charge in [-0.1, -0.05) is 42.5 Å². The van der Waals surface area contributed by atoms with Crippen LogP contribution in [0.2, 0.25) is 0 Å². The van der Waals surface area contributed by atoms with Crippen molar-refractivity contribution in [2.24, 2.45) is 0 Å². The molecule has 1 N–H and O–H groups in total. The van der Waals surface area contributed by atoms with E-state index in [9.17, 15) is 14.4 Å². The third-order valence-electron chi connectivity index (χ3n) is 5.30. The number of esters is 1. The number of piperidine rings is 1. The van der Waals surface area contributed by atoms with E-state index >= 15 is 0 Å². The van der Waals surface area contributed by atoms with E-state index < -0.39 is 24.1 Å². The smallest absolute Gasteiger partial charge is 0.311 e. The molecular weight excluding hydrogens is 384 g/mol. The van der Waals surface area contributed by atoms with Crippen molar-refractivity contribution in [3.05, 3.63) is 60.2 Å². The van der Waals surface area contributed by atoms with Crippen molar-refractivity contribution in [1.82, 2.24) is 4.90 Å². The summed E-state index contributed by atoms with van der Waals surface area (Å²) in [5.74, 6) is -0.800. The Morgan fingerprint density at radius 2 is 1.73 bits per heavy atom. The average Bonchev–Trinajstić information content (AvgIpc) is 2.79. The van der Waals surface area contributed by atoms with Crippen LogP contribution in [-0.2, 0) is 19.1 Å². The molecule has 2 aromatic carbocycles. The monoisotopic (exact) mass is 408 g/mol. The van der Waals surface area contributed by atoms with Gasteiger partial charge in [0.25, 0.3) is 11.8 Å². The van der Waals surface area contributed by atoms with Crippen LogP contribution in [0.1, 0.15) is 37.4 Å². The summed E-state index contributed by atoms with van der Waals surface area (Å²) in [5, 5.41) is 2.73. The Bertz CT molecular complexity index is 924. The van der Waals surface area contributed by atoms with Crippen molar-refractivity contribution >= 4 is 23.5 Å². The van der Waals surface area contributed by atoms with E-state index in [4.69, 9.17) is 9.47 Å². The van der Waals surface area contributed by atoms with Gasteiger partial charge in [-0.25, -0.2) is 0 Å². The molecule has 4 rings (SSSR count). The molecule has 0 spiro atoms. The molecule has 2 aliphatic heterocycles. The third kappa shape index (κ3) is 4.45. The van der Waals surface area contributed by atoms with Gasteiger partial charge >= 0.3 is 5.97 Å². The molecule has 30 heavy (non-hydrogen) atoms. The fourth-order valence-electron chi connectivity index (χ4n) is 3.73. The van der Waals surface area contributed by atoms with Crippen LogP contribution in [0.3, 0.4) is 0 Å². The minimum atomic E-state index is -1.03. The molecule has 2 amide bonds. The van der Waals surface area contributed by atoms with E-state index in [1.165, 1.54) is 0 Å². The van der Waals surface area contributed by atoms with E-state index in [1.807, 2.05) is 6.07 Å². The van der Waals surface area contributed by atoms with E-state index in [0.29, 0.717) is 30.1 Å². The molecule has 7 heteroatoms. The molecule has 7 nitrogen and oxygen atoms in total. The van der Waals surface area contributed by atoms with E-state index in [2.05, 4.69) is 5.32 Å². The van der Waals surface area contributed by atoms with Crippen LogP contribution in [0.4, 0.5) is 5.69 Å². The number of hydrogen-bond donors (Lipinski definition) is 1. The van der Waals surface area contributed by atoms with Crippen LogP contribution < -0.4 is 10.1 Å². The number of benzene rings is 2. The Morgan fingerprint density at radius 3 is 2.50 bits per heavy atom. The highest BCUT2D eigenvalue weighted by atomic mass is 16.6. The van der Waals surface area contributed by atoms with Gasteiger partial charge in [-0.15, -0.1) is 0 Å². The van der Waals surface area contributed by atoms with Crippen LogP contribution >= 0.6 is 0 Å². The van der Waals surface area contributed by atoms with E-state index in [0.717, 1.165) is 19.3 Å². The number of hydrogen-bond acceptors (Lipinski definition) is 5. The molecule has 2 atom stereocenters. The normalized spacial score (nSPS) is 19.1. The fraction of sp³-hybridized carbons (Fsp3) is 0.348. The quantitative estimate of drug-likeness (QED) is 0.769. The molecule has 1 fully saturated rings. The van der Waals surface area contributed by atoms with Gasteiger partial charge in [-0.05, 0) is 31.4 Å². The molecule has 2 heterocycles. The van der Waals surface area contributed by atoms with Gasteiger partial charge in [-0.2, -0.15) is 0 Å². The molecule has 1 saturated heterocycles. The topological polar surface area (TPSA) is 84.9 Å². The lowest BCUT2D eigenvalue weighted by Gasteiger charge is -2.31. The third-order valence-corrected chi connectivity index (χ3v) is 5.30. The number of carbonyl (C=O) groups excluding carboxylic acids is 3. The van der Waals surface area contributed by atoms with Crippen molar-refractivity contribution in [1.29, 1.82) is 0 Å². The molecule has 0 aromatic heterocycles. The fourth-order valence-corrected chi connectivity index (χ4v) is 3.73. The van der Waals surface area contributed by atoms with Crippen LogP contribution in [0.15, 0.2) is 54.6 Å². The van der Waals surface area contributed by atoms with Crippen molar-refractivity contribution in [2.75, 3.05) is 18.4 Å². The molecule has 0 radical (unpaired) electrons. The van der Waals surface area contributed by atoms with Gasteiger partial charge in [0, 0.05) is 18.7 Å². The van der Waals surface area contributed by atoms with Gasteiger partial charge in [0.2, 0.25) is 6.10 Å². The number of ether oxygens (including phenoxy) is 2. The molecule has 2 aliphatic rings. The zero-order valence-corrected chi connectivity index (χ0v) is 16.6. The Morgan fingerprint density at radius 1 is 1.03 bits per heavy atom. The summed E-state index contributed by atoms with van der Waals surface area (Å²) in [6.07, 6.45) is 0.656. The Balaban J connectivity index is 1.46. The number of rotatable bonds is 5. The number of amides is 2. The number of carbonyl (C=O) groups is 3. The summed E-state index contributed by atoms with van der Waals surface area (Å²) >= 11 is 0. The maximum Gasteiger partial charge on any atom is 0.311 e. The first-order valence-electron chi connectivity index (χ1n) is 10.2. The van der Waals surface area contributed by atoms with Crippen LogP contribution in [-0.4, -0.2) is 41.9 Å². The molecule has 0 bridgehead atoms. The highest BCUT2D eigenvalue weighted by Crippen LogP contribution is 2.30. The SMILES string of the molecule is O=C(C[C@@H]1Oc2ccccc2NC1=O)O[C@@H](C(=O)N1CCCCC1)c1ccccc1. The number of likely N-dealkylation sites (tertiary alicyclic amines) is 1. The maximum atomic E-state index is 13.1. The zero-order valence-electron chi connectivity index (χ0n) is 16.6. The van der Waals surface area contributed by atoms with Crippen molar-refractivity contribution in [2.45, 2.75) is 37.9 Å². The summed E-state index contributed by atoms with van der Waals surface area (Å²) in [6, 6.07) is 16.0. The van der Waals surface area contributed by atoms with Gasteiger partial charge in [-0.3, -0.25) is 14.4 Å². The summed E-state index contributed by atoms with van der Waals surface area (Å²) < 4.78 is 11.3. The lowest BCUT2D eigenvalue weighted by Crippen LogP contribution is -2.42. The molecule has 2 aromatic rings. The van der Waals surface area contributed by atoms with Gasteiger partial charge in [0.1, 0.15) is 5.75 Å². The van der Waals surface area contributed by atoms with Crippen LogP contribution in [0.25, 0.3) is 0 Å². The number of nitrogens with one attached hydrogen (secondary N) is 1. The predicted octanol–water partition coefficient (Wildman–Crippen LogP) is 3.07. The summed E-state index contributed by atoms with van der Waals surface area (Å²) in [7, 11) is 0. The standard InChI is InChI=1S/C23H24N2O5/c26-20(15-19-22(27)24-17-11-5-6-12-18(17)29-19)30-21(16-9-3-1-4-10-16)23(28)25-13-7-2-8-14-25/h1,3-6,9-12,19,21H,2,7-8,13-15H2,(H,24,27)/t19-,21+/m0/s1. The Hall–Kier alpha value is -3.35. The number of anilines is 1.